The fourth-order valence-electron chi connectivity index (χ4n) is 5.08. The van der Waals surface area contributed by atoms with Crippen molar-refractivity contribution in [3.63, 3.8) is 0 Å². The highest BCUT2D eigenvalue weighted by Gasteiger charge is 2.42. The van der Waals surface area contributed by atoms with Gasteiger partial charge in [-0.15, -0.1) is 0 Å². The van der Waals surface area contributed by atoms with Crippen molar-refractivity contribution in [2.75, 3.05) is 11.4 Å². The van der Waals surface area contributed by atoms with Gasteiger partial charge in [0.2, 0.25) is 12.0 Å². The summed E-state index contributed by atoms with van der Waals surface area (Å²) in [4.78, 5) is 41.7. The molecule has 0 saturated heterocycles. The van der Waals surface area contributed by atoms with E-state index in [0.717, 1.165) is 37.8 Å². The molecule has 5 rings (SSSR count). The van der Waals surface area contributed by atoms with Crippen LogP contribution in [0.1, 0.15) is 55.8 Å². The molecule has 2 aromatic rings. The van der Waals surface area contributed by atoms with E-state index in [9.17, 15) is 14.4 Å². The minimum atomic E-state index is -0.996. The first kappa shape index (κ1) is 21.7. The Morgan fingerprint density at radius 1 is 0.879 bits per heavy atom. The van der Waals surface area contributed by atoms with Gasteiger partial charge in [0, 0.05) is 23.8 Å². The number of benzene rings is 2. The van der Waals surface area contributed by atoms with Crippen molar-refractivity contribution >= 4 is 23.5 Å². The summed E-state index contributed by atoms with van der Waals surface area (Å²) in [5.41, 5.74) is 2.77. The molecule has 172 valence electrons. The minimum Gasteiger partial charge on any atom is -0.447 e. The average Bonchev–Trinajstić information content (AvgIpc) is 3.57. The molecular formula is C27H30N2O4. The van der Waals surface area contributed by atoms with E-state index in [4.69, 9.17) is 4.74 Å². The molecule has 2 amide bonds. The van der Waals surface area contributed by atoms with E-state index in [-0.39, 0.29) is 17.9 Å². The number of nitrogens with zero attached hydrogens (tertiary/aromatic N) is 1. The number of carbonyl (C=O) groups is 3. The number of para-hydroxylation sites is 1. The number of amides is 2. The lowest BCUT2D eigenvalue weighted by atomic mass is 9.78. The summed E-state index contributed by atoms with van der Waals surface area (Å²) < 4.78 is 5.86. The van der Waals surface area contributed by atoms with Crippen molar-refractivity contribution in [1.29, 1.82) is 0 Å². The van der Waals surface area contributed by atoms with Crippen LogP contribution in [-0.4, -0.2) is 30.4 Å². The lowest BCUT2D eigenvalue weighted by molar-refractivity contribution is -0.164. The molecule has 0 radical (unpaired) electrons. The molecule has 2 fully saturated rings. The molecule has 3 unspecified atom stereocenters. The summed E-state index contributed by atoms with van der Waals surface area (Å²) >= 11 is 0. The molecule has 2 aliphatic carbocycles. The quantitative estimate of drug-likeness (QED) is 0.682. The molecule has 1 aliphatic heterocycles. The molecule has 1 N–H and O–H groups in total. The van der Waals surface area contributed by atoms with E-state index in [1.165, 1.54) is 5.56 Å². The van der Waals surface area contributed by atoms with Crippen molar-refractivity contribution < 1.29 is 19.1 Å². The fourth-order valence-corrected chi connectivity index (χ4v) is 5.08. The minimum absolute atomic E-state index is 0.000271. The summed E-state index contributed by atoms with van der Waals surface area (Å²) in [6.45, 7) is 0.646. The maximum absolute atomic E-state index is 13.6. The van der Waals surface area contributed by atoms with Gasteiger partial charge in [0.1, 0.15) is 0 Å². The first-order chi connectivity index (χ1) is 16.1. The molecule has 6 nitrogen and oxygen atoms in total. The monoisotopic (exact) mass is 446 g/mol. The van der Waals surface area contributed by atoms with Crippen molar-refractivity contribution in [2.24, 2.45) is 11.8 Å². The zero-order valence-electron chi connectivity index (χ0n) is 18.7. The van der Waals surface area contributed by atoms with E-state index >= 15 is 0 Å². The van der Waals surface area contributed by atoms with Crippen LogP contribution in [0.2, 0.25) is 0 Å². The van der Waals surface area contributed by atoms with Crippen LogP contribution in [0.3, 0.4) is 0 Å². The smallest absolute Gasteiger partial charge is 0.310 e. The number of ether oxygens (including phenoxy) is 1. The molecule has 0 bridgehead atoms. The number of hydrogen-bond donors (Lipinski definition) is 1. The number of anilines is 1. The van der Waals surface area contributed by atoms with E-state index < -0.39 is 23.9 Å². The largest absolute Gasteiger partial charge is 0.447 e. The zero-order valence-corrected chi connectivity index (χ0v) is 18.7. The molecular weight excluding hydrogens is 416 g/mol. The standard InChI is InChI=1S/C27H30N2O4/c30-25(28-20-14-15-20)24(19-9-2-1-3-10-19)33-27(32)22-12-6-5-11-21(22)26(31)29-17-16-18-8-4-7-13-23(18)29/h1-4,7-10,13,20-22,24H,5-6,11-12,14-17H2,(H,28,30). The Labute approximate surface area is 194 Å². The van der Waals surface area contributed by atoms with Crippen LogP contribution in [0.15, 0.2) is 54.6 Å². The highest BCUT2D eigenvalue weighted by molar-refractivity contribution is 5.99. The van der Waals surface area contributed by atoms with Crippen LogP contribution in [0.25, 0.3) is 0 Å². The Morgan fingerprint density at radius 3 is 2.33 bits per heavy atom. The molecule has 33 heavy (non-hydrogen) atoms. The van der Waals surface area contributed by atoms with Gasteiger partial charge in [-0.25, -0.2) is 0 Å². The predicted octanol–water partition coefficient (Wildman–Crippen LogP) is 3.95. The first-order valence-electron chi connectivity index (χ1n) is 12.1. The van der Waals surface area contributed by atoms with Gasteiger partial charge in [-0.05, 0) is 43.7 Å². The van der Waals surface area contributed by atoms with Crippen molar-refractivity contribution in [2.45, 2.75) is 57.1 Å². The molecule has 3 aliphatic rings. The Balaban J connectivity index is 1.34. The third kappa shape index (κ3) is 4.65. The van der Waals surface area contributed by atoms with Gasteiger partial charge in [0.25, 0.3) is 5.91 Å². The van der Waals surface area contributed by atoms with Gasteiger partial charge in [-0.2, -0.15) is 0 Å². The van der Waals surface area contributed by atoms with Gasteiger partial charge in [0.05, 0.1) is 11.8 Å². The van der Waals surface area contributed by atoms with Crippen LogP contribution in [0.4, 0.5) is 5.69 Å². The topological polar surface area (TPSA) is 75.7 Å². The Kier molecular flexibility index (Phi) is 6.16. The van der Waals surface area contributed by atoms with Crippen LogP contribution in [-0.2, 0) is 25.5 Å². The number of fused-ring (bicyclic) bond motifs is 1. The summed E-state index contributed by atoms with van der Waals surface area (Å²) in [5.74, 6) is -1.68. The Morgan fingerprint density at radius 2 is 1.58 bits per heavy atom. The van der Waals surface area contributed by atoms with Crippen LogP contribution in [0, 0.1) is 11.8 Å². The van der Waals surface area contributed by atoms with E-state index in [2.05, 4.69) is 11.4 Å². The van der Waals surface area contributed by atoms with Crippen molar-refractivity contribution in [1.82, 2.24) is 5.32 Å². The van der Waals surface area contributed by atoms with Gasteiger partial charge >= 0.3 is 5.97 Å². The second kappa shape index (κ2) is 9.38. The summed E-state index contributed by atoms with van der Waals surface area (Å²) in [5, 5.41) is 2.96. The van der Waals surface area contributed by atoms with Crippen LogP contribution in [0.5, 0.6) is 0 Å². The summed E-state index contributed by atoms with van der Waals surface area (Å²) in [6.07, 6.45) is 4.82. The van der Waals surface area contributed by atoms with Gasteiger partial charge < -0.3 is 15.0 Å². The number of rotatable bonds is 6. The number of esters is 1. The molecule has 0 aromatic heterocycles. The molecule has 2 aromatic carbocycles. The fraction of sp³-hybridized carbons (Fsp3) is 0.444. The number of nitrogens with one attached hydrogen (secondary N) is 1. The lowest BCUT2D eigenvalue weighted by Gasteiger charge is -2.33. The second-order valence-corrected chi connectivity index (χ2v) is 9.38. The third-order valence-electron chi connectivity index (χ3n) is 7.04. The number of carbonyl (C=O) groups excluding carboxylic acids is 3. The van der Waals surface area contributed by atoms with E-state index in [0.29, 0.717) is 24.9 Å². The molecule has 3 atom stereocenters. The predicted molar refractivity (Wildman–Crippen MR) is 124 cm³/mol. The SMILES string of the molecule is O=C(NC1CC1)C(OC(=O)C1CCCCC1C(=O)N1CCc2ccccc21)c1ccccc1. The van der Waals surface area contributed by atoms with Crippen molar-refractivity contribution in [3.05, 3.63) is 65.7 Å². The van der Waals surface area contributed by atoms with Crippen molar-refractivity contribution in [3.8, 4) is 0 Å². The normalized spacial score (nSPS) is 22.8. The maximum Gasteiger partial charge on any atom is 0.310 e. The zero-order chi connectivity index (χ0) is 22.8. The average molecular weight is 447 g/mol. The number of hydrogen-bond acceptors (Lipinski definition) is 4. The highest BCUT2D eigenvalue weighted by atomic mass is 16.5. The maximum atomic E-state index is 13.6. The first-order valence-corrected chi connectivity index (χ1v) is 12.1. The Hall–Kier alpha value is -3.15. The highest BCUT2D eigenvalue weighted by Crippen LogP contribution is 2.37. The molecule has 2 saturated carbocycles. The van der Waals surface area contributed by atoms with Gasteiger partial charge in [0.15, 0.2) is 0 Å². The van der Waals surface area contributed by atoms with Gasteiger partial charge in [-0.1, -0.05) is 61.4 Å². The summed E-state index contributed by atoms with van der Waals surface area (Å²) in [6, 6.07) is 17.3. The van der Waals surface area contributed by atoms with E-state index in [1.54, 1.807) is 12.1 Å². The Bertz CT molecular complexity index is 1030. The summed E-state index contributed by atoms with van der Waals surface area (Å²) in [7, 11) is 0. The van der Waals surface area contributed by atoms with Crippen LogP contribution < -0.4 is 10.2 Å². The third-order valence-corrected chi connectivity index (χ3v) is 7.04. The van der Waals surface area contributed by atoms with Crippen LogP contribution >= 0.6 is 0 Å². The molecule has 6 heteroatoms. The van der Waals surface area contributed by atoms with E-state index in [1.807, 2.05) is 41.3 Å². The molecule has 1 heterocycles. The lowest BCUT2D eigenvalue weighted by Crippen LogP contribution is -2.43. The molecule has 0 spiro atoms. The second-order valence-electron chi connectivity index (χ2n) is 9.38. The van der Waals surface area contributed by atoms with Gasteiger partial charge in [-0.3, -0.25) is 14.4 Å².